The number of amides is 2. The van der Waals surface area contributed by atoms with E-state index in [0.29, 0.717) is 30.1 Å². The van der Waals surface area contributed by atoms with Crippen LogP contribution in [0.4, 0.5) is 4.79 Å². The third-order valence-corrected chi connectivity index (χ3v) is 7.55. The normalized spacial score (nSPS) is 15.3. The van der Waals surface area contributed by atoms with E-state index in [1.54, 1.807) is 13.3 Å². The van der Waals surface area contributed by atoms with Crippen LogP contribution in [-0.2, 0) is 22.4 Å². The van der Waals surface area contributed by atoms with Gasteiger partial charge in [-0.1, -0.05) is 72.8 Å². The SMILES string of the molecule is COc1ccccc1CC(C(=O)N1C(=O)OCC1Cc1ccccc1)c1ccc(Oc2ccnc3ccccc23)cc1. The Hall–Kier alpha value is -5.17. The van der Waals surface area contributed by atoms with E-state index < -0.39 is 18.1 Å². The molecule has 210 valence electrons. The van der Waals surface area contributed by atoms with Crippen molar-refractivity contribution in [2.75, 3.05) is 13.7 Å². The molecule has 1 aromatic heterocycles. The van der Waals surface area contributed by atoms with E-state index in [4.69, 9.17) is 14.2 Å². The summed E-state index contributed by atoms with van der Waals surface area (Å²) in [5, 5.41) is 0.908. The molecule has 0 N–H and O–H groups in total. The highest BCUT2D eigenvalue weighted by atomic mass is 16.6. The number of hydrogen-bond acceptors (Lipinski definition) is 6. The molecule has 42 heavy (non-hydrogen) atoms. The predicted octanol–water partition coefficient (Wildman–Crippen LogP) is 6.95. The summed E-state index contributed by atoms with van der Waals surface area (Å²) in [6.45, 7) is 0.160. The predicted molar refractivity (Wildman–Crippen MR) is 160 cm³/mol. The number of ether oxygens (including phenoxy) is 3. The first-order chi connectivity index (χ1) is 20.6. The molecule has 2 unspecified atom stereocenters. The van der Waals surface area contributed by atoms with Crippen LogP contribution in [0, 0.1) is 0 Å². The standard InChI is InChI=1S/C35H30N2O5/c1-40-32-14-8-5-11-26(32)22-30(34(38)37-27(23-41-35(37)39)21-24-9-3-2-4-10-24)25-15-17-28(18-16-25)42-33-19-20-36-31-13-7-6-12-29(31)33/h2-20,27,30H,21-23H2,1H3. The van der Waals surface area contributed by atoms with Crippen molar-refractivity contribution < 1.29 is 23.8 Å². The van der Waals surface area contributed by atoms with Gasteiger partial charge >= 0.3 is 6.09 Å². The van der Waals surface area contributed by atoms with E-state index in [9.17, 15) is 9.59 Å². The lowest BCUT2D eigenvalue weighted by Gasteiger charge is -2.26. The third-order valence-electron chi connectivity index (χ3n) is 7.55. The molecule has 1 aliphatic rings. The van der Waals surface area contributed by atoms with Gasteiger partial charge in [-0.05, 0) is 65.9 Å². The van der Waals surface area contributed by atoms with Gasteiger partial charge in [0.25, 0.3) is 0 Å². The van der Waals surface area contributed by atoms with E-state index in [0.717, 1.165) is 27.6 Å². The van der Waals surface area contributed by atoms with Gasteiger partial charge in [0, 0.05) is 11.6 Å². The minimum absolute atomic E-state index is 0.160. The molecule has 4 aromatic carbocycles. The highest BCUT2D eigenvalue weighted by Gasteiger charge is 2.41. The van der Waals surface area contributed by atoms with Crippen molar-refractivity contribution in [2.24, 2.45) is 0 Å². The summed E-state index contributed by atoms with van der Waals surface area (Å²) >= 11 is 0. The average molecular weight is 559 g/mol. The first-order valence-electron chi connectivity index (χ1n) is 13.9. The second-order valence-electron chi connectivity index (χ2n) is 10.2. The second-order valence-corrected chi connectivity index (χ2v) is 10.2. The Morgan fingerprint density at radius 1 is 0.905 bits per heavy atom. The summed E-state index contributed by atoms with van der Waals surface area (Å²) in [4.78, 5) is 32.8. The van der Waals surface area contributed by atoms with Gasteiger partial charge in [-0.2, -0.15) is 0 Å². The van der Waals surface area contributed by atoms with Crippen LogP contribution in [0.2, 0.25) is 0 Å². The topological polar surface area (TPSA) is 78.0 Å². The zero-order valence-electron chi connectivity index (χ0n) is 23.2. The van der Waals surface area contributed by atoms with Gasteiger partial charge in [0.1, 0.15) is 23.9 Å². The van der Waals surface area contributed by atoms with Crippen molar-refractivity contribution in [3.8, 4) is 17.2 Å². The van der Waals surface area contributed by atoms with Crippen LogP contribution in [0.3, 0.4) is 0 Å². The van der Waals surface area contributed by atoms with Crippen molar-refractivity contribution >= 4 is 22.9 Å². The fraction of sp³-hybridized carbons (Fsp3) is 0.171. The van der Waals surface area contributed by atoms with Crippen LogP contribution < -0.4 is 9.47 Å². The summed E-state index contributed by atoms with van der Waals surface area (Å²) in [5.74, 6) is 1.04. The molecule has 0 bridgehead atoms. The first kappa shape index (κ1) is 27.0. The average Bonchev–Trinajstić information content (AvgIpc) is 3.40. The van der Waals surface area contributed by atoms with Crippen LogP contribution in [0.15, 0.2) is 115 Å². The van der Waals surface area contributed by atoms with Gasteiger partial charge in [0.15, 0.2) is 0 Å². The van der Waals surface area contributed by atoms with Gasteiger partial charge in [0.2, 0.25) is 5.91 Å². The lowest BCUT2D eigenvalue weighted by atomic mass is 9.89. The number of pyridine rings is 1. The number of benzene rings is 4. The molecule has 2 heterocycles. The third kappa shape index (κ3) is 5.67. The summed E-state index contributed by atoms with van der Waals surface area (Å²) in [6, 6.07) is 34.1. The Labute approximate surface area is 244 Å². The van der Waals surface area contributed by atoms with Crippen LogP contribution >= 0.6 is 0 Å². The fourth-order valence-corrected chi connectivity index (χ4v) is 5.43. The van der Waals surface area contributed by atoms with Gasteiger partial charge in [0.05, 0.1) is 24.6 Å². The monoisotopic (exact) mass is 558 g/mol. The van der Waals surface area contributed by atoms with E-state index >= 15 is 0 Å². The lowest BCUT2D eigenvalue weighted by Crippen LogP contribution is -2.43. The number of aromatic nitrogens is 1. The number of carbonyl (C=O) groups excluding carboxylic acids is 2. The Kier molecular flexibility index (Phi) is 7.81. The van der Waals surface area contributed by atoms with Crippen molar-refractivity contribution in [3.63, 3.8) is 0 Å². The molecule has 7 heteroatoms. The van der Waals surface area contributed by atoms with Crippen LogP contribution in [-0.4, -0.2) is 41.6 Å². The molecule has 0 spiro atoms. The summed E-state index contributed by atoms with van der Waals surface area (Å²) in [6.07, 6.45) is 1.97. The number of nitrogens with zero attached hydrogens (tertiary/aromatic N) is 2. The number of imide groups is 1. The summed E-state index contributed by atoms with van der Waals surface area (Å²) < 4.78 is 17.2. The van der Waals surface area contributed by atoms with Gasteiger partial charge in [-0.3, -0.25) is 9.78 Å². The molecular weight excluding hydrogens is 528 g/mol. The number of cyclic esters (lactones) is 1. The zero-order chi connectivity index (χ0) is 28.9. The van der Waals surface area contributed by atoms with Gasteiger partial charge in [-0.25, -0.2) is 9.69 Å². The molecule has 0 aliphatic carbocycles. The molecule has 2 amide bonds. The highest BCUT2D eigenvalue weighted by molar-refractivity contribution is 5.97. The largest absolute Gasteiger partial charge is 0.496 e. The quantitative estimate of drug-likeness (QED) is 0.195. The van der Waals surface area contributed by atoms with Crippen molar-refractivity contribution in [1.82, 2.24) is 9.88 Å². The minimum Gasteiger partial charge on any atom is -0.496 e. The lowest BCUT2D eigenvalue weighted by molar-refractivity contribution is -0.130. The number of rotatable bonds is 9. The molecule has 1 saturated heterocycles. The number of hydrogen-bond donors (Lipinski definition) is 0. The molecule has 0 saturated carbocycles. The van der Waals surface area contributed by atoms with Crippen molar-refractivity contribution in [3.05, 3.63) is 132 Å². The molecule has 6 rings (SSSR count). The second kappa shape index (κ2) is 12.1. The van der Waals surface area contributed by atoms with Gasteiger partial charge in [-0.15, -0.1) is 0 Å². The molecule has 5 aromatic rings. The van der Waals surface area contributed by atoms with Crippen molar-refractivity contribution in [2.45, 2.75) is 24.8 Å². The summed E-state index contributed by atoms with van der Waals surface area (Å²) in [7, 11) is 1.61. The number of carbonyl (C=O) groups is 2. The molecular formula is C35H30N2O5. The maximum absolute atomic E-state index is 14.2. The first-order valence-corrected chi connectivity index (χ1v) is 13.9. The highest BCUT2D eigenvalue weighted by Crippen LogP contribution is 2.33. The van der Waals surface area contributed by atoms with E-state index in [2.05, 4.69) is 4.98 Å². The van der Waals surface area contributed by atoms with Crippen molar-refractivity contribution in [1.29, 1.82) is 0 Å². The van der Waals surface area contributed by atoms with E-state index in [-0.39, 0.29) is 12.5 Å². The number of methoxy groups -OCH3 is 1. The Morgan fingerprint density at radius 3 is 2.45 bits per heavy atom. The van der Waals surface area contributed by atoms with Crippen LogP contribution in [0.5, 0.6) is 17.2 Å². The maximum atomic E-state index is 14.2. The molecule has 1 fully saturated rings. The van der Waals surface area contributed by atoms with Gasteiger partial charge < -0.3 is 14.2 Å². The number of fused-ring (bicyclic) bond motifs is 1. The number of para-hydroxylation sites is 2. The van der Waals surface area contributed by atoms with E-state index in [1.165, 1.54) is 4.90 Å². The maximum Gasteiger partial charge on any atom is 0.417 e. The smallest absolute Gasteiger partial charge is 0.417 e. The minimum atomic E-state index is -0.652. The molecule has 2 atom stereocenters. The Morgan fingerprint density at radius 2 is 1.64 bits per heavy atom. The molecule has 0 radical (unpaired) electrons. The molecule has 1 aliphatic heterocycles. The van der Waals surface area contributed by atoms with E-state index in [1.807, 2.05) is 109 Å². The Balaban J connectivity index is 1.31. The summed E-state index contributed by atoms with van der Waals surface area (Å²) in [5.41, 5.74) is 3.51. The molecule has 7 nitrogen and oxygen atoms in total. The Bertz CT molecular complexity index is 1700. The van der Waals surface area contributed by atoms with Crippen LogP contribution in [0.1, 0.15) is 22.6 Å². The van der Waals surface area contributed by atoms with Crippen LogP contribution in [0.25, 0.3) is 10.9 Å². The fourth-order valence-electron chi connectivity index (χ4n) is 5.43. The zero-order valence-corrected chi connectivity index (χ0v) is 23.2.